The van der Waals surface area contributed by atoms with Crippen LogP contribution >= 0.6 is 15.9 Å². The molecule has 2 rings (SSSR count). The number of nitrogens with zero attached hydrogens (tertiary/aromatic N) is 1. The van der Waals surface area contributed by atoms with Gasteiger partial charge in [-0.1, -0.05) is 12.1 Å². The summed E-state index contributed by atoms with van der Waals surface area (Å²) in [4.78, 5) is 3.73. The summed E-state index contributed by atoms with van der Waals surface area (Å²) >= 11 is 3.23. The van der Waals surface area contributed by atoms with E-state index in [9.17, 15) is 9.50 Å². The van der Waals surface area contributed by atoms with E-state index in [2.05, 4.69) is 26.2 Å². The Morgan fingerprint density at radius 2 is 2.18 bits per heavy atom. The first-order valence-corrected chi connectivity index (χ1v) is 5.77. The molecule has 2 aromatic rings. The molecule has 0 saturated heterocycles. The molecule has 88 valence electrons. The number of benzene rings is 1. The number of aromatic hydroxyl groups is 1. The number of hydrogen-bond acceptors (Lipinski definition) is 3. The summed E-state index contributed by atoms with van der Waals surface area (Å²) in [5.41, 5.74) is 1.30. The minimum atomic E-state index is -0.395. The molecular formula is C12H10BrFN2O. The Bertz CT molecular complexity index is 534. The number of rotatable bonds is 3. The number of anilines is 1. The highest BCUT2D eigenvalue weighted by atomic mass is 79.9. The van der Waals surface area contributed by atoms with E-state index in [1.807, 2.05) is 6.07 Å². The van der Waals surface area contributed by atoms with Crippen LogP contribution < -0.4 is 5.32 Å². The summed E-state index contributed by atoms with van der Waals surface area (Å²) in [6.45, 7) is 0.399. The lowest BCUT2D eigenvalue weighted by Crippen LogP contribution is -2.00. The zero-order valence-electron chi connectivity index (χ0n) is 8.82. The van der Waals surface area contributed by atoms with Crippen LogP contribution in [0.25, 0.3) is 0 Å². The quantitative estimate of drug-likeness (QED) is 0.913. The molecule has 0 atom stereocenters. The van der Waals surface area contributed by atoms with Crippen LogP contribution in [-0.2, 0) is 6.54 Å². The first-order valence-electron chi connectivity index (χ1n) is 4.97. The minimum Gasteiger partial charge on any atom is -0.506 e. The molecule has 17 heavy (non-hydrogen) atoms. The summed E-state index contributed by atoms with van der Waals surface area (Å²) in [5, 5.41) is 12.7. The van der Waals surface area contributed by atoms with Gasteiger partial charge in [0.25, 0.3) is 0 Å². The van der Waals surface area contributed by atoms with E-state index < -0.39 is 5.82 Å². The zero-order chi connectivity index (χ0) is 12.3. The molecule has 0 radical (unpaired) electrons. The number of nitrogens with one attached hydrogen (secondary N) is 1. The maximum atomic E-state index is 12.9. The number of halogens is 2. The Balaban J connectivity index is 2.10. The largest absolute Gasteiger partial charge is 0.506 e. The summed E-state index contributed by atoms with van der Waals surface area (Å²) in [6.07, 6.45) is 2.67. The molecule has 0 spiro atoms. The average molecular weight is 297 g/mol. The van der Waals surface area contributed by atoms with Crippen LogP contribution in [0.1, 0.15) is 5.56 Å². The Hall–Kier alpha value is -1.62. The van der Waals surface area contributed by atoms with Crippen molar-refractivity contribution in [2.45, 2.75) is 6.54 Å². The Labute approximate surface area is 106 Å². The van der Waals surface area contributed by atoms with E-state index in [0.29, 0.717) is 16.7 Å². The normalized spacial score (nSPS) is 10.2. The van der Waals surface area contributed by atoms with Gasteiger partial charge in [0.2, 0.25) is 0 Å². The van der Waals surface area contributed by atoms with Crippen molar-refractivity contribution in [2.75, 3.05) is 5.32 Å². The minimum absolute atomic E-state index is 0.185. The van der Waals surface area contributed by atoms with Crippen LogP contribution in [0.15, 0.2) is 41.1 Å². The van der Waals surface area contributed by atoms with Crippen LogP contribution in [0.3, 0.4) is 0 Å². The number of para-hydroxylation sites is 1. The molecule has 0 bridgehead atoms. The van der Waals surface area contributed by atoms with Crippen LogP contribution in [0.4, 0.5) is 10.1 Å². The summed E-state index contributed by atoms with van der Waals surface area (Å²) in [6, 6.07) is 6.72. The van der Waals surface area contributed by atoms with Gasteiger partial charge in [-0.15, -0.1) is 0 Å². The summed E-state index contributed by atoms with van der Waals surface area (Å²) in [5.74, 6) is -0.210. The molecule has 0 fully saturated rings. The molecule has 0 amide bonds. The van der Waals surface area contributed by atoms with Gasteiger partial charge in [-0.2, -0.15) is 0 Å². The lowest BCUT2D eigenvalue weighted by Gasteiger charge is -2.08. The number of pyridine rings is 1. The molecule has 0 unspecified atom stereocenters. The molecule has 0 saturated carbocycles. The topological polar surface area (TPSA) is 45.1 Å². The van der Waals surface area contributed by atoms with Crippen molar-refractivity contribution in [3.8, 4) is 5.75 Å². The van der Waals surface area contributed by atoms with Gasteiger partial charge in [0, 0.05) is 18.2 Å². The van der Waals surface area contributed by atoms with Crippen molar-refractivity contribution in [2.24, 2.45) is 0 Å². The van der Waals surface area contributed by atoms with E-state index in [-0.39, 0.29) is 5.75 Å². The lowest BCUT2D eigenvalue weighted by molar-refractivity contribution is 0.465. The van der Waals surface area contributed by atoms with Crippen molar-refractivity contribution < 1.29 is 9.50 Å². The predicted octanol–water partition coefficient (Wildman–Crippen LogP) is 3.30. The predicted molar refractivity (Wildman–Crippen MR) is 67.3 cm³/mol. The molecule has 3 nitrogen and oxygen atoms in total. The van der Waals surface area contributed by atoms with E-state index in [1.54, 1.807) is 12.1 Å². The SMILES string of the molecule is Oc1c(Br)cccc1CNc1cncc(F)c1. The molecule has 1 heterocycles. The Morgan fingerprint density at radius 1 is 1.35 bits per heavy atom. The molecule has 1 aromatic carbocycles. The van der Waals surface area contributed by atoms with E-state index in [0.717, 1.165) is 11.8 Å². The fourth-order valence-corrected chi connectivity index (χ4v) is 1.82. The van der Waals surface area contributed by atoms with Gasteiger partial charge >= 0.3 is 0 Å². The third-order valence-corrected chi connectivity index (χ3v) is 2.90. The van der Waals surface area contributed by atoms with E-state index >= 15 is 0 Å². The third kappa shape index (κ3) is 2.94. The van der Waals surface area contributed by atoms with Crippen molar-refractivity contribution in [3.63, 3.8) is 0 Å². The Morgan fingerprint density at radius 3 is 2.94 bits per heavy atom. The van der Waals surface area contributed by atoms with E-state index in [4.69, 9.17) is 0 Å². The summed E-state index contributed by atoms with van der Waals surface area (Å²) in [7, 11) is 0. The van der Waals surface area contributed by atoms with Gasteiger partial charge in [0.1, 0.15) is 11.6 Å². The lowest BCUT2D eigenvalue weighted by atomic mass is 10.2. The maximum Gasteiger partial charge on any atom is 0.143 e. The molecule has 0 aliphatic rings. The molecule has 5 heteroatoms. The average Bonchev–Trinajstić information content (AvgIpc) is 2.31. The van der Waals surface area contributed by atoms with Crippen molar-refractivity contribution in [1.82, 2.24) is 4.98 Å². The van der Waals surface area contributed by atoms with Gasteiger partial charge < -0.3 is 10.4 Å². The van der Waals surface area contributed by atoms with Crippen molar-refractivity contribution in [3.05, 3.63) is 52.5 Å². The fraction of sp³-hybridized carbons (Fsp3) is 0.0833. The van der Waals surface area contributed by atoms with Crippen molar-refractivity contribution in [1.29, 1.82) is 0 Å². The van der Waals surface area contributed by atoms with Crippen LogP contribution in [-0.4, -0.2) is 10.1 Å². The van der Waals surface area contributed by atoms with Crippen LogP contribution in [0.2, 0.25) is 0 Å². The van der Waals surface area contributed by atoms with Gasteiger partial charge in [-0.25, -0.2) is 4.39 Å². The molecule has 1 aromatic heterocycles. The number of phenolic OH excluding ortho intramolecular Hbond substituents is 1. The molecular weight excluding hydrogens is 287 g/mol. The van der Waals surface area contributed by atoms with Crippen LogP contribution in [0.5, 0.6) is 5.75 Å². The van der Waals surface area contributed by atoms with Crippen LogP contribution in [0, 0.1) is 5.82 Å². The highest BCUT2D eigenvalue weighted by molar-refractivity contribution is 9.10. The highest BCUT2D eigenvalue weighted by Crippen LogP contribution is 2.27. The summed E-state index contributed by atoms with van der Waals surface area (Å²) < 4.78 is 13.5. The number of aromatic nitrogens is 1. The second-order valence-corrected chi connectivity index (χ2v) is 4.35. The standard InChI is InChI=1S/C12H10BrFN2O/c13-11-3-1-2-8(12(11)17)5-16-10-4-9(14)6-15-7-10/h1-4,6-7,16-17H,5H2. The third-order valence-electron chi connectivity index (χ3n) is 2.26. The fourth-order valence-electron chi connectivity index (χ4n) is 1.41. The monoisotopic (exact) mass is 296 g/mol. The second-order valence-electron chi connectivity index (χ2n) is 3.49. The molecule has 0 aliphatic carbocycles. The Kier molecular flexibility index (Phi) is 3.58. The highest BCUT2D eigenvalue weighted by Gasteiger charge is 2.04. The number of phenols is 1. The van der Waals surface area contributed by atoms with Gasteiger partial charge in [0.05, 0.1) is 22.6 Å². The van der Waals surface area contributed by atoms with Gasteiger partial charge in [0.15, 0.2) is 0 Å². The van der Waals surface area contributed by atoms with Gasteiger partial charge in [-0.3, -0.25) is 4.98 Å². The van der Waals surface area contributed by atoms with Gasteiger partial charge in [-0.05, 0) is 22.0 Å². The van der Waals surface area contributed by atoms with Crippen molar-refractivity contribution >= 4 is 21.6 Å². The first-order chi connectivity index (χ1) is 8.16. The second kappa shape index (κ2) is 5.14. The smallest absolute Gasteiger partial charge is 0.143 e. The maximum absolute atomic E-state index is 12.9. The van der Waals surface area contributed by atoms with E-state index in [1.165, 1.54) is 12.3 Å². The molecule has 2 N–H and O–H groups in total. The zero-order valence-corrected chi connectivity index (χ0v) is 10.4. The molecule has 0 aliphatic heterocycles. The number of hydrogen-bond donors (Lipinski definition) is 2. The first kappa shape index (κ1) is 11.9.